The van der Waals surface area contributed by atoms with Crippen LogP contribution in [-0.4, -0.2) is 0 Å². The minimum Gasteiger partial charge on any atom is -0.0616 e. The molecular formula is C18H16. The number of hydrogen-bond donors (Lipinski definition) is 0. The van der Waals surface area contributed by atoms with E-state index in [1.807, 2.05) is 0 Å². The maximum atomic E-state index is 2.27. The van der Waals surface area contributed by atoms with Crippen molar-refractivity contribution in [3.8, 4) is 11.1 Å². The van der Waals surface area contributed by atoms with Gasteiger partial charge in [0.15, 0.2) is 0 Å². The van der Waals surface area contributed by atoms with Crippen LogP contribution in [0.25, 0.3) is 21.9 Å². The number of benzene rings is 3. The van der Waals surface area contributed by atoms with Crippen LogP contribution in [0.4, 0.5) is 0 Å². The largest absolute Gasteiger partial charge is 0.0616 e. The highest BCUT2D eigenvalue weighted by Crippen LogP contribution is 2.31. The molecule has 3 aromatic rings. The normalized spacial score (nSPS) is 10.8. The average Bonchev–Trinajstić information content (AvgIpc) is 2.41. The van der Waals surface area contributed by atoms with Gasteiger partial charge in [-0.05, 0) is 41.3 Å². The Balaban J connectivity index is 2.35. The van der Waals surface area contributed by atoms with Crippen molar-refractivity contribution < 1.29 is 0 Å². The van der Waals surface area contributed by atoms with Gasteiger partial charge in [-0.1, -0.05) is 66.2 Å². The molecular weight excluding hydrogens is 216 g/mol. The Labute approximate surface area is 108 Å². The summed E-state index contributed by atoms with van der Waals surface area (Å²) in [4.78, 5) is 0. The topological polar surface area (TPSA) is 0 Å². The number of fused-ring (bicyclic) bond motifs is 1. The van der Waals surface area contributed by atoms with Crippen molar-refractivity contribution in [3.05, 3.63) is 71.8 Å². The third-order valence-electron chi connectivity index (χ3n) is 3.47. The minimum absolute atomic E-state index is 1.30. The van der Waals surface area contributed by atoms with Crippen LogP contribution in [0.2, 0.25) is 0 Å². The van der Waals surface area contributed by atoms with E-state index >= 15 is 0 Å². The summed E-state index contributed by atoms with van der Waals surface area (Å²) in [6, 6.07) is 21.7. The molecule has 0 saturated carbocycles. The molecule has 0 saturated heterocycles. The molecule has 0 amide bonds. The number of aryl methyl sites for hydroxylation is 2. The van der Waals surface area contributed by atoms with Crippen molar-refractivity contribution in [1.29, 1.82) is 0 Å². The first-order chi connectivity index (χ1) is 8.75. The zero-order valence-electron chi connectivity index (χ0n) is 10.8. The summed E-state index contributed by atoms with van der Waals surface area (Å²) in [5, 5.41) is 2.63. The van der Waals surface area contributed by atoms with E-state index < -0.39 is 0 Å². The summed E-state index contributed by atoms with van der Waals surface area (Å²) in [5.74, 6) is 0. The predicted octanol–water partition coefficient (Wildman–Crippen LogP) is 5.12. The summed E-state index contributed by atoms with van der Waals surface area (Å²) in [6.45, 7) is 4.32. The van der Waals surface area contributed by atoms with Crippen LogP contribution in [0.1, 0.15) is 11.1 Å². The Morgan fingerprint density at radius 1 is 0.667 bits per heavy atom. The Hall–Kier alpha value is -2.08. The molecule has 0 heteroatoms. The van der Waals surface area contributed by atoms with Crippen LogP contribution < -0.4 is 0 Å². The highest BCUT2D eigenvalue weighted by Gasteiger charge is 2.05. The van der Waals surface area contributed by atoms with Crippen LogP contribution in [0.5, 0.6) is 0 Å². The van der Waals surface area contributed by atoms with E-state index in [1.165, 1.54) is 33.0 Å². The molecule has 0 N–H and O–H groups in total. The highest BCUT2D eigenvalue weighted by molar-refractivity contribution is 5.97. The van der Waals surface area contributed by atoms with Crippen molar-refractivity contribution in [1.82, 2.24) is 0 Å². The quantitative estimate of drug-likeness (QED) is 0.546. The summed E-state index contributed by atoms with van der Waals surface area (Å²) in [5.41, 5.74) is 5.31. The van der Waals surface area contributed by atoms with E-state index in [1.54, 1.807) is 0 Å². The highest BCUT2D eigenvalue weighted by atomic mass is 14.1. The summed E-state index contributed by atoms with van der Waals surface area (Å²) >= 11 is 0. The van der Waals surface area contributed by atoms with Gasteiger partial charge in [-0.15, -0.1) is 0 Å². The smallest absolute Gasteiger partial charge is 0.0103 e. The van der Waals surface area contributed by atoms with Gasteiger partial charge in [0.2, 0.25) is 0 Å². The first-order valence-electron chi connectivity index (χ1n) is 6.31. The van der Waals surface area contributed by atoms with E-state index in [9.17, 15) is 0 Å². The first kappa shape index (κ1) is 11.0. The second kappa shape index (κ2) is 4.30. The Bertz CT molecular complexity index is 703. The van der Waals surface area contributed by atoms with E-state index in [0.29, 0.717) is 0 Å². The minimum atomic E-state index is 1.30. The van der Waals surface area contributed by atoms with Gasteiger partial charge in [0, 0.05) is 0 Å². The fourth-order valence-electron chi connectivity index (χ4n) is 2.49. The molecule has 0 aromatic heterocycles. The third-order valence-corrected chi connectivity index (χ3v) is 3.47. The molecule has 0 bridgehead atoms. The molecule has 88 valence electrons. The Morgan fingerprint density at radius 2 is 1.44 bits per heavy atom. The van der Waals surface area contributed by atoms with Crippen LogP contribution in [0, 0.1) is 13.8 Å². The molecule has 3 aromatic carbocycles. The molecule has 0 atom stereocenters. The van der Waals surface area contributed by atoms with Crippen molar-refractivity contribution in [2.75, 3.05) is 0 Å². The zero-order valence-corrected chi connectivity index (χ0v) is 10.8. The SMILES string of the molecule is Cc1ccc(C)c(-c2cccc3ccccc23)c1. The third kappa shape index (κ3) is 1.80. The molecule has 0 aliphatic carbocycles. The number of rotatable bonds is 1. The predicted molar refractivity (Wildman–Crippen MR) is 78.9 cm³/mol. The van der Waals surface area contributed by atoms with Crippen LogP contribution >= 0.6 is 0 Å². The van der Waals surface area contributed by atoms with Gasteiger partial charge in [0.1, 0.15) is 0 Å². The van der Waals surface area contributed by atoms with Crippen molar-refractivity contribution in [2.45, 2.75) is 13.8 Å². The molecule has 0 heterocycles. The molecule has 18 heavy (non-hydrogen) atoms. The molecule has 0 nitrogen and oxygen atoms in total. The van der Waals surface area contributed by atoms with Gasteiger partial charge >= 0.3 is 0 Å². The Morgan fingerprint density at radius 3 is 2.33 bits per heavy atom. The average molecular weight is 232 g/mol. The van der Waals surface area contributed by atoms with Gasteiger partial charge in [-0.25, -0.2) is 0 Å². The molecule has 3 rings (SSSR count). The van der Waals surface area contributed by atoms with Crippen LogP contribution in [-0.2, 0) is 0 Å². The lowest BCUT2D eigenvalue weighted by molar-refractivity contribution is 1.40. The maximum Gasteiger partial charge on any atom is -0.0103 e. The lowest BCUT2D eigenvalue weighted by Gasteiger charge is -2.10. The van der Waals surface area contributed by atoms with Crippen LogP contribution in [0.3, 0.4) is 0 Å². The fourth-order valence-corrected chi connectivity index (χ4v) is 2.49. The van der Waals surface area contributed by atoms with Gasteiger partial charge < -0.3 is 0 Å². The summed E-state index contributed by atoms with van der Waals surface area (Å²) in [7, 11) is 0. The lowest BCUT2D eigenvalue weighted by Crippen LogP contribution is -1.86. The molecule has 0 spiro atoms. The molecule has 0 fully saturated rings. The van der Waals surface area contributed by atoms with E-state index in [2.05, 4.69) is 74.5 Å². The summed E-state index contributed by atoms with van der Waals surface area (Å²) in [6.07, 6.45) is 0. The van der Waals surface area contributed by atoms with E-state index in [-0.39, 0.29) is 0 Å². The van der Waals surface area contributed by atoms with Crippen molar-refractivity contribution in [3.63, 3.8) is 0 Å². The fraction of sp³-hybridized carbons (Fsp3) is 0.111. The first-order valence-corrected chi connectivity index (χ1v) is 6.31. The molecule has 0 radical (unpaired) electrons. The molecule has 0 aliphatic heterocycles. The van der Waals surface area contributed by atoms with Gasteiger partial charge in [0.05, 0.1) is 0 Å². The zero-order chi connectivity index (χ0) is 12.5. The lowest BCUT2D eigenvalue weighted by atomic mass is 9.94. The van der Waals surface area contributed by atoms with Gasteiger partial charge in [-0.3, -0.25) is 0 Å². The second-order valence-electron chi connectivity index (χ2n) is 4.85. The van der Waals surface area contributed by atoms with Crippen molar-refractivity contribution >= 4 is 10.8 Å². The van der Waals surface area contributed by atoms with Crippen molar-refractivity contribution in [2.24, 2.45) is 0 Å². The Kier molecular flexibility index (Phi) is 2.64. The van der Waals surface area contributed by atoms with Crippen LogP contribution in [0.15, 0.2) is 60.7 Å². The molecule has 0 aliphatic rings. The van der Waals surface area contributed by atoms with Gasteiger partial charge in [0.25, 0.3) is 0 Å². The standard InChI is InChI=1S/C18H16/c1-13-10-11-14(2)18(12-13)17-9-5-7-15-6-3-4-8-16(15)17/h3-12H,1-2H3. The molecule has 0 unspecified atom stereocenters. The number of hydrogen-bond acceptors (Lipinski definition) is 0. The van der Waals surface area contributed by atoms with Gasteiger partial charge in [-0.2, -0.15) is 0 Å². The van der Waals surface area contributed by atoms with E-state index in [0.717, 1.165) is 0 Å². The summed E-state index contributed by atoms with van der Waals surface area (Å²) < 4.78 is 0. The maximum absolute atomic E-state index is 2.27. The van der Waals surface area contributed by atoms with E-state index in [4.69, 9.17) is 0 Å². The second-order valence-corrected chi connectivity index (χ2v) is 4.85. The monoisotopic (exact) mass is 232 g/mol.